The molecule has 1 aromatic heterocycles. The number of nitrogens with one attached hydrogen (secondary N) is 1. The van der Waals surface area contributed by atoms with Crippen LogP contribution in [0.2, 0.25) is 0 Å². The number of piperazine rings is 1. The first-order chi connectivity index (χ1) is 17.4. The molecule has 0 aliphatic carbocycles. The van der Waals surface area contributed by atoms with E-state index in [4.69, 9.17) is 5.26 Å². The van der Waals surface area contributed by atoms with Gasteiger partial charge in [-0.2, -0.15) is 5.26 Å². The Bertz CT molecular complexity index is 1440. The van der Waals surface area contributed by atoms with E-state index in [0.717, 1.165) is 22.2 Å². The number of halogens is 2. The van der Waals surface area contributed by atoms with Gasteiger partial charge < -0.3 is 15.1 Å². The fourth-order valence-corrected chi connectivity index (χ4v) is 4.86. The zero-order chi connectivity index (χ0) is 25.2. The molecule has 2 heterocycles. The Balaban J connectivity index is 0.00000320. The molecule has 1 fully saturated rings. The van der Waals surface area contributed by atoms with E-state index in [1.54, 1.807) is 36.4 Å². The number of aromatic nitrogens is 2. The number of nitriles is 1. The number of benzene rings is 3. The summed E-state index contributed by atoms with van der Waals surface area (Å²) in [4.78, 5) is 17.1. The summed E-state index contributed by atoms with van der Waals surface area (Å²) in [6, 6.07) is 22.8. The maximum absolute atomic E-state index is 13.5. The van der Waals surface area contributed by atoms with Gasteiger partial charge in [0.1, 0.15) is 11.5 Å². The second-order valence-corrected chi connectivity index (χ2v) is 9.05. The minimum absolute atomic E-state index is 0. The van der Waals surface area contributed by atoms with Crippen LogP contribution < -0.4 is 10.2 Å². The molecule has 1 N–H and O–H groups in total. The number of urea groups is 1. The van der Waals surface area contributed by atoms with E-state index in [2.05, 4.69) is 26.5 Å². The molecule has 5 rings (SSSR count). The van der Waals surface area contributed by atoms with E-state index >= 15 is 0 Å². The van der Waals surface area contributed by atoms with Crippen molar-refractivity contribution < 1.29 is 9.18 Å². The van der Waals surface area contributed by atoms with Gasteiger partial charge in [-0.3, -0.25) is 0 Å². The first-order valence-corrected chi connectivity index (χ1v) is 11.8. The molecule has 0 saturated carbocycles. The predicted molar refractivity (Wildman–Crippen MR) is 145 cm³/mol. The lowest BCUT2D eigenvalue weighted by Crippen LogP contribution is -2.60. The third-order valence-corrected chi connectivity index (χ3v) is 6.50. The number of fused-ring (bicyclic) bond motifs is 1. The van der Waals surface area contributed by atoms with Crippen molar-refractivity contribution in [3.8, 4) is 17.3 Å². The van der Waals surface area contributed by atoms with Crippen LogP contribution in [-0.2, 0) is 0 Å². The van der Waals surface area contributed by atoms with Crippen molar-refractivity contribution in [2.75, 3.05) is 23.3 Å². The summed E-state index contributed by atoms with van der Waals surface area (Å²) in [5.74, 6) is 0.471. The molecule has 7 nitrogen and oxygen atoms in total. The number of anilines is 2. The highest BCUT2D eigenvalue weighted by molar-refractivity contribution is 6.00. The van der Waals surface area contributed by atoms with Crippen LogP contribution in [0, 0.1) is 17.1 Å². The Morgan fingerprint density at radius 2 is 1.57 bits per heavy atom. The molecule has 3 aromatic carbocycles. The van der Waals surface area contributed by atoms with Crippen molar-refractivity contribution in [2.45, 2.75) is 25.9 Å². The second-order valence-electron chi connectivity index (χ2n) is 9.05. The molecule has 2 unspecified atom stereocenters. The predicted octanol–water partition coefficient (Wildman–Crippen LogP) is 5.86. The third-order valence-electron chi connectivity index (χ3n) is 6.50. The smallest absolute Gasteiger partial charge is 0.322 e. The Morgan fingerprint density at radius 3 is 2.19 bits per heavy atom. The molecule has 1 saturated heterocycles. The van der Waals surface area contributed by atoms with Gasteiger partial charge in [-0.25, -0.2) is 9.18 Å². The van der Waals surface area contributed by atoms with E-state index in [-0.39, 0.29) is 36.3 Å². The summed E-state index contributed by atoms with van der Waals surface area (Å²) in [7, 11) is 0. The first-order valence-electron chi connectivity index (χ1n) is 11.8. The Labute approximate surface area is 220 Å². The number of carbonyl (C=O) groups is 1. The fourth-order valence-electron chi connectivity index (χ4n) is 4.86. The lowest BCUT2D eigenvalue weighted by atomic mass is 10.0. The average Bonchev–Trinajstić information content (AvgIpc) is 2.88. The van der Waals surface area contributed by atoms with Gasteiger partial charge in [-0.05, 0) is 62.4 Å². The van der Waals surface area contributed by atoms with Crippen molar-refractivity contribution in [1.82, 2.24) is 15.1 Å². The number of nitrogens with zero attached hydrogens (tertiary/aromatic N) is 5. The highest BCUT2D eigenvalue weighted by atomic mass is 35.5. The molecule has 0 bridgehead atoms. The summed E-state index contributed by atoms with van der Waals surface area (Å²) in [6.45, 7) is 5.23. The van der Waals surface area contributed by atoms with E-state index in [1.165, 1.54) is 12.1 Å². The maximum Gasteiger partial charge on any atom is 0.322 e. The van der Waals surface area contributed by atoms with Crippen LogP contribution in [0.5, 0.6) is 0 Å². The van der Waals surface area contributed by atoms with E-state index in [9.17, 15) is 9.18 Å². The number of hydrogen-bond acceptors (Lipinski definition) is 5. The highest BCUT2D eigenvalue weighted by Gasteiger charge is 2.34. The quantitative estimate of drug-likeness (QED) is 0.368. The molecule has 1 aliphatic rings. The van der Waals surface area contributed by atoms with Crippen LogP contribution in [0.25, 0.3) is 22.0 Å². The van der Waals surface area contributed by atoms with Crippen molar-refractivity contribution in [2.24, 2.45) is 0 Å². The van der Waals surface area contributed by atoms with Crippen LogP contribution in [0.4, 0.5) is 20.7 Å². The molecule has 0 radical (unpaired) electrons. The summed E-state index contributed by atoms with van der Waals surface area (Å²) in [5.41, 5.74) is 2.70. The van der Waals surface area contributed by atoms with Gasteiger partial charge in [0.05, 0.1) is 11.6 Å². The number of hydrogen-bond donors (Lipinski definition) is 1. The molecular weight excluding hydrogens is 491 g/mol. The second kappa shape index (κ2) is 10.8. The average molecular weight is 517 g/mol. The van der Waals surface area contributed by atoms with Gasteiger partial charge in [0.25, 0.3) is 0 Å². The zero-order valence-electron chi connectivity index (χ0n) is 20.4. The fraction of sp³-hybridized carbons (Fsp3) is 0.214. The van der Waals surface area contributed by atoms with Gasteiger partial charge >= 0.3 is 6.03 Å². The van der Waals surface area contributed by atoms with Crippen LogP contribution in [0.3, 0.4) is 0 Å². The molecule has 0 spiro atoms. The zero-order valence-corrected chi connectivity index (χ0v) is 21.2. The van der Waals surface area contributed by atoms with Crippen LogP contribution in [0.15, 0.2) is 72.8 Å². The SMILES string of the molecule is CC1CN(c2nnc(-c3ccc(F)cc3)c3ccccc23)CC(C)N1C(=O)Nc1ccc(C#N)cc1.Cl. The molecule has 2 amide bonds. The van der Waals surface area contributed by atoms with Gasteiger partial charge in [0, 0.05) is 47.2 Å². The summed E-state index contributed by atoms with van der Waals surface area (Å²) in [6.07, 6.45) is 0. The molecule has 2 atom stereocenters. The Hall–Kier alpha value is -4.22. The molecule has 188 valence electrons. The van der Waals surface area contributed by atoms with Crippen molar-refractivity contribution >= 4 is 40.7 Å². The van der Waals surface area contributed by atoms with Gasteiger partial charge in [0.2, 0.25) is 0 Å². The minimum atomic E-state index is -0.295. The van der Waals surface area contributed by atoms with Crippen LogP contribution in [0.1, 0.15) is 19.4 Å². The molecule has 1 aliphatic heterocycles. The lowest BCUT2D eigenvalue weighted by molar-refractivity contribution is 0.153. The monoisotopic (exact) mass is 516 g/mol. The standard InChI is InChI=1S/C28H25FN6O.ClH/c1-18-16-34(17-19(2)35(18)28(36)31-23-13-7-20(15-30)8-14-23)27-25-6-4-3-5-24(25)26(32-33-27)21-9-11-22(29)12-10-21;/h3-14,18-19H,16-17H2,1-2H3,(H,31,36);1H. The molecule has 4 aromatic rings. The van der Waals surface area contributed by atoms with Gasteiger partial charge in [-0.15, -0.1) is 22.6 Å². The highest BCUT2D eigenvalue weighted by Crippen LogP contribution is 2.33. The number of amides is 2. The Morgan fingerprint density at radius 1 is 0.946 bits per heavy atom. The number of rotatable bonds is 3. The summed E-state index contributed by atoms with van der Waals surface area (Å²) >= 11 is 0. The summed E-state index contributed by atoms with van der Waals surface area (Å²) in [5, 5.41) is 22.9. The van der Waals surface area contributed by atoms with Crippen LogP contribution >= 0.6 is 12.4 Å². The maximum atomic E-state index is 13.5. The van der Waals surface area contributed by atoms with Gasteiger partial charge in [-0.1, -0.05) is 24.3 Å². The van der Waals surface area contributed by atoms with Crippen molar-refractivity contribution in [3.05, 3.63) is 84.2 Å². The number of carbonyl (C=O) groups excluding carboxylic acids is 1. The van der Waals surface area contributed by atoms with E-state index in [0.29, 0.717) is 30.0 Å². The third kappa shape index (κ3) is 5.18. The molecular formula is C28H26ClFN6O. The van der Waals surface area contributed by atoms with Crippen LogP contribution in [-0.4, -0.2) is 46.3 Å². The van der Waals surface area contributed by atoms with E-state index in [1.807, 2.05) is 43.0 Å². The van der Waals surface area contributed by atoms with Crippen molar-refractivity contribution in [3.63, 3.8) is 0 Å². The van der Waals surface area contributed by atoms with E-state index < -0.39 is 0 Å². The minimum Gasteiger partial charge on any atom is -0.351 e. The summed E-state index contributed by atoms with van der Waals surface area (Å²) < 4.78 is 13.5. The first kappa shape index (κ1) is 25.9. The topological polar surface area (TPSA) is 85.2 Å². The Kier molecular flexibility index (Phi) is 7.55. The van der Waals surface area contributed by atoms with Crippen molar-refractivity contribution in [1.29, 1.82) is 5.26 Å². The molecule has 37 heavy (non-hydrogen) atoms. The normalized spacial score (nSPS) is 17.1. The largest absolute Gasteiger partial charge is 0.351 e. The van der Waals surface area contributed by atoms with Gasteiger partial charge in [0.15, 0.2) is 5.82 Å². The lowest BCUT2D eigenvalue weighted by Gasteiger charge is -2.44. The molecule has 9 heteroatoms.